The van der Waals surface area contributed by atoms with Gasteiger partial charge in [-0.1, -0.05) is 97.1 Å². The molecule has 210 valence electrons. The molecule has 1 atom stereocenters. The van der Waals surface area contributed by atoms with Crippen molar-refractivity contribution in [1.82, 2.24) is 9.88 Å². The fourth-order valence-electron chi connectivity index (χ4n) is 5.58. The predicted molar refractivity (Wildman–Crippen MR) is 157 cm³/mol. The molecule has 0 saturated carbocycles. The number of carbonyl (C=O) groups is 3. The highest BCUT2D eigenvalue weighted by atomic mass is 16.6. The first kappa shape index (κ1) is 26.8. The molecule has 8 nitrogen and oxygen atoms in total. The van der Waals surface area contributed by atoms with Crippen LogP contribution in [0.25, 0.3) is 22.0 Å². The van der Waals surface area contributed by atoms with Gasteiger partial charge in [-0.15, -0.1) is 0 Å². The summed E-state index contributed by atoms with van der Waals surface area (Å²) in [5.41, 5.74) is 6.26. The van der Waals surface area contributed by atoms with Crippen molar-refractivity contribution in [3.8, 4) is 11.1 Å². The van der Waals surface area contributed by atoms with Gasteiger partial charge in [0.05, 0.1) is 0 Å². The van der Waals surface area contributed by atoms with Gasteiger partial charge in [-0.2, -0.15) is 4.90 Å². The molecule has 42 heavy (non-hydrogen) atoms. The van der Waals surface area contributed by atoms with Crippen LogP contribution in [-0.2, 0) is 27.3 Å². The van der Waals surface area contributed by atoms with Gasteiger partial charge in [0.15, 0.2) is 0 Å². The number of aliphatic carboxylic acids is 1. The topological polar surface area (TPSA) is 109 Å². The maximum atomic E-state index is 13.6. The molecule has 4 aromatic carbocycles. The molecule has 0 radical (unpaired) electrons. The number of nitrogens with one attached hydrogen (secondary N) is 1. The molecule has 0 bridgehead atoms. The quantitative estimate of drug-likeness (QED) is 0.217. The zero-order chi connectivity index (χ0) is 29.1. The number of imide groups is 1. The Morgan fingerprint density at radius 3 is 2.05 bits per heavy atom. The van der Waals surface area contributed by atoms with Crippen molar-refractivity contribution < 1.29 is 29.0 Å². The Labute approximate surface area is 242 Å². The largest absolute Gasteiger partial charge is 0.480 e. The Morgan fingerprint density at radius 1 is 0.762 bits per heavy atom. The maximum Gasteiger partial charge on any atom is 0.420 e. The monoisotopic (exact) mass is 560 g/mol. The van der Waals surface area contributed by atoms with Crippen LogP contribution in [0.4, 0.5) is 9.59 Å². The molecule has 1 aliphatic carbocycles. The summed E-state index contributed by atoms with van der Waals surface area (Å²) in [5, 5.41) is 11.1. The lowest BCUT2D eigenvalue weighted by atomic mass is 9.98. The molecule has 0 saturated heterocycles. The number of benzene rings is 4. The van der Waals surface area contributed by atoms with E-state index in [0.717, 1.165) is 33.2 Å². The molecular weight excluding hydrogens is 532 g/mol. The molecule has 8 heteroatoms. The molecule has 1 heterocycles. The van der Waals surface area contributed by atoms with E-state index in [1.165, 1.54) is 0 Å². The second-order valence-corrected chi connectivity index (χ2v) is 10.1. The van der Waals surface area contributed by atoms with E-state index in [2.05, 4.69) is 4.98 Å². The number of aromatic amines is 1. The first-order valence-corrected chi connectivity index (χ1v) is 13.6. The second-order valence-electron chi connectivity index (χ2n) is 10.1. The maximum absolute atomic E-state index is 13.6. The standard InChI is InChI=1S/C34H28N2O6/c37-32(38)31(18-23-19-35-30-17-9-8-12-24(23)30)36(33(39)41-20-22-10-2-1-3-11-22)34(40)42-21-29-27-15-6-4-13-25(27)26-14-5-7-16-28(26)29/h1-17,19,29,31,35H,18,20-21H2,(H,37,38)/t31-/m0/s1. The Hall–Kier alpha value is -5.37. The molecule has 6 rings (SSSR count). The Balaban J connectivity index is 1.28. The summed E-state index contributed by atoms with van der Waals surface area (Å²) >= 11 is 0. The fourth-order valence-corrected chi connectivity index (χ4v) is 5.58. The zero-order valence-electron chi connectivity index (χ0n) is 22.6. The first-order valence-electron chi connectivity index (χ1n) is 13.6. The third kappa shape index (κ3) is 5.22. The van der Waals surface area contributed by atoms with E-state index in [-0.39, 0.29) is 25.6 Å². The molecular formula is C34H28N2O6. The number of fused-ring (bicyclic) bond motifs is 4. The Bertz CT molecular complexity index is 1720. The van der Waals surface area contributed by atoms with Crippen LogP contribution in [0.5, 0.6) is 0 Å². The van der Waals surface area contributed by atoms with Crippen LogP contribution in [0, 0.1) is 0 Å². The zero-order valence-corrected chi connectivity index (χ0v) is 22.6. The Kier molecular flexibility index (Phi) is 7.43. The van der Waals surface area contributed by atoms with Crippen LogP contribution in [-0.4, -0.2) is 45.8 Å². The highest BCUT2D eigenvalue weighted by Crippen LogP contribution is 2.44. The number of rotatable bonds is 8. The van der Waals surface area contributed by atoms with Gasteiger partial charge in [0, 0.05) is 29.4 Å². The summed E-state index contributed by atoms with van der Waals surface area (Å²) in [6.07, 6.45) is -0.624. The number of H-pyrrole nitrogens is 1. The minimum Gasteiger partial charge on any atom is -0.480 e. The highest BCUT2D eigenvalue weighted by Gasteiger charge is 2.39. The number of hydrogen-bond acceptors (Lipinski definition) is 5. The van der Waals surface area contributed by atoms with E-state index in [9.17, 15) is 19.5 Å². The lowest BCUT2D eigenvalue weighted by Crippen LogP contribution is -2.50. The number of para-hydroxylation sites is 1. The normalized spacial score (nSPS) is 12.8. The Morgan fingerprint density at radius 2 is 1.36 bits per heavy atom. The number of nitrogens with zero attached hydrogens (tertiary/aromatic N) is 1. The summed E-state index contributed by atoms with van der Waals surface area (Å²) in [7, 11) is 0. The number of hydrogen-bond donors (Lipinski definition) is 2. The minimum atomic E-state index is -1.57. The van der Waals surface area contributed by atoms with Crippen LogP contribution in [0.15, 0.2) is 109 Å². The second kappa shape index (κ2) is 11.6. The highest BCUT2D eigenvalue weighted by molar-refractivity contribution is 5.94. The number of ether oxygens (including phenoxy) is 2. The van der Waals surface area contributed by atoms with Crippen molar-refractivity contribution in [2.24, 2.45) is 0 Å². The summed E-state index contributed by atoms with van der Waals surface area (Å²) in [4.78, 5) is 43.4. The number of aromatic nitrogens is 1. The van der Waals surface area contributed by atoms with Crippen LogP contribution >= 0.6 is 0 Å². The van der Waals surface area contributed by atoms with Crippen molar-refractivity contribution in [3.63, 3.8) is 0 Å². The molecule has 1 aromatic heterocycles. The van der Waals surface area contributed by atoms with Gasteiger partial charge in [-0.3, -0.25) is 0 Å². The van der Waals surface area contributed by atoms with Gasteiger partial charge in [0.2, 0.25) is 0 Å². The fraction of sp³-hybridized carbons (Fsp3) is 0.147. The summed E-state index contributed by atoms with van der Waals surface area (Å²) in [5.74, 6) is -1.62. The molecule has 0 aliphatic heterocycles. The first-order chi connectivity index (χ1) is 20.5. The molecule has 2 N–H and O–H groups in total. The van der Waals surface area contributed by atoms with Crippen molar-refractivity contribution >= 4 is 29.1 Å². The van der Waals surface area contributed by atoms with E-state index in [1.807, 2.05) is 78.9 Å². The SMILES string of the molecule is O=C(O)[C@H](Cc1c[nH]c2ccccc12)N(C(=O)OCc1ccccc1)C(=O)OCC1c2ccccc2-c2ccccc21. The molecule has 1 aliphatic rings. The smallest absolute Gasteiger partial charge is 0.420 e. The van der Waals surface area contributed by atoms with Gasteiger partial charge < -0.3 is 19.6 Å². The minimum absolute atomic E-state index is 0.0747. The molecule has 0 unspecified atom stereocenters. The van der Waals surface area contributed by atoms with Crippen LogP contribution in [0.3, 0.4) is 0 Å². The van der Waals surface area contributed by atoms with Gasteiger partial charge >= 0.3 is 18.2 Å². The predicted octanol–water partition coefficient (Wildman–Crippen LogP) is 6.75. The van der Waals surface area contributed by atoms with Gasteiger partial charge in [-0.25, -0.2) is 14.4 Å². The van der Waals surface area contributed by atoms with E-state index in [1.54, 1.807) is 30.5 Å². The van der Waals surface area contributed by atoms with Crippen LogP contribution in [0.1, 0.15) is 28.2 Å². The molecule has 2 amide bonds. The third-order valence-corrected chi connectivity index (χ3v) is 7.62. The lowest BCUT2D eigenvalue weighted by Gasteiger charge is -2.26. The third-order valence-electron chi connectivity index (χ3n) is 7.62. The lowest BCUT2D eigenvalue weighted by molar-refractivity contribution is -0.142. The number of carboxylic acid groups (broad SMARTS) is 1. The van der Waals surface area contributed by atoms with Crippen molar-refractivity contribution in [2.75, 3.05) is 6.61 Å². The van der Waals surface area contributed by atoms with E-state index >= 15 is 0 Å². The van der Waals surface area contributed by atoms with E-state index < -0.39 is 24.2 Å². The summed E-state index contributed by atoms with van der Waals surface area (Å²) in [6, 6.07) is 30.6. The van der Waals surface area contributed by atoms with Gasteiger partial charge in [-0.05, 0) is 39.4 Å². The van der Waals surface area contributed by atoms with Gasteiger partial charge in [0.1, 0.15) is 19.3 Å². The average molecular weight is 561 g/mol. The number of carboxylic acids is 1. The van der Waals surface area contributed by atoms with Crippen molar-refractivity contribution in [1.29, 1.82) is 0 Å². The number of carbonyl (C=O) groups excluding carboxylic acids is 2. The van der Waals surface area contributed by atoms with Crippen LogP contribution in [0.2, 0.25) is 0 Å². The van der Waals surface area contributed by atoms with Crippen molar-refractivity contribution in [3.05, 3.63) is 132 Å². The molecule has 0 spiro atoms. The average Bonchev–Trinajstić information content (AvgIpc) is 3.58. The van der Waals surface area contributed by atoms with Crippen LogP contribution < -0.4 is 0 Å². The van der Waals surface area contributed by atoms with E-state index in [4.69, 9.17) is 9.47 Å². The van der Waals surface area contributed by atoms with E-state index in [0.29, 0.717) is 16.0 Å². The summed E-state index contributed by atoms with van der Waals surface area (Å²) < 4.78 is 11.2. The van der Waals surface area contributed by atoms with Crippen molar-refractivity contribution in [2.45, 2.75) is 25.0 Å². The summed E-state index contributed by atoms with van der Waals surface area (Å²) in [6.45, 7) is -0.207. The number of amides is 2. The van der Waals surface area contributed by atoms with Gasteiger partial charge in [0.25, 0.3) is 0 Å². The molecule has 0 fully saturated rings. The molecule has 5 aromatic rings.